The number of rotatable bonds is 0. The predicted octanol–water partition coefficient (Wildman–Crippen LogP) is -0.272. The van der Waals surface area contributed by atoms with Gasteiger partial charge in [-0.15, -0.1) is 0 Å². The lowest BCUT2D eigenvalue weighted by atomic mass is 10.4. The molecule has 1 saturated heterocycles. The Morgan fingerprint density at radius 1 is 1.00 bits per heavy atom. The third-order valence-electron chi connectivity index (χ3n) is 0.957. The SMILES string of the molecule is C1CNCNC1.CC.O. The Bertz CT molecular complexity index is 26.5. The molecule has 0 amide bonds. The maximum absolute atomic E-state index is 3.17. The molecule has 0 aromatic rings. The van der Waals surface area contributed by atoms with Crippen LogP contribution in [0.1, 0.15) is 20.3 Å². The minimum absolute atomic E-state index is 0. The summed E-state index contributed by atoms with van der Waals surface area (Å²) in [7, 11) is 0. The van der Waals surface area contributed by atoms with Crippen molar-refractivity contribution < 1.29 is 5.48 Å². The van der Waals surface area contributed by atoms with Gasteiger partial charge >= 0.3 is 0 Å². The van der Waals surface area contributed by atoms with Crippen LogP contribution in [0.5, 0.6) is 0 Å². The van der Waals surface area contributed by atoms with Crippen LogP contribution in [-0.2, 0) is 0 Å². The van der Waals surface area contributed by atoms with Gasteiger partial charge in [-0.05, 0) is 19.5 Å². The van der Waals surface area contributed by atoms with Gasteiger partial charge in [-0.2, -0.15) is 0 Å². The van der Waals surface area contributed by atoms with Crippen LogP contribution in [0.15, 0.2) is 0 Å². The molecule has 3 nitrogen and oxygen atoms in total. The van der Waals surface area contributed by atoms with Gasteiger partial charge in [0.25, 0.3) is 0 Å². The van der Waals surface area contributed by atoms with Crippen molar-refractivity contribution in [2.45, 2.75) is 20.3 Å². The Balaban J connectivity index is 0. The fourth-order valence-corrected chi connectivity index (χ4v) is 0.604. The predicted molar refractivity (Wildman–Crippen MR) is 40.5 cm³/mol. The van der Waals surface area contributed by atoms with E-state index < -0.39 is 0 Å². The van der Waals surface area contributed by atoms with Gasteiger partial charge in [-0.1, -0.05) is 13.8 Å². The first-order valence-electron chi connectivity index (χ1n) is 3.41. The molecular formula is C6H18N2O. The van der Waals surface area contributed by atoms with E-state index in [1.165, 1.54) is 19.5 Å². The first-order chi connectivity index (χ1) is 4.00. The molecule has 0 unspecified atom stereocenters. The zero-order valence-corrected chi connectivity index (χ0v) is 6.33. The molecule has 58 valence electrons. The molecule has 4 N–H and O–H groups in total. The molecule has 1 heterocycles. The van der Waals surface area contributed by atoms with Crippen LogP contribution in [0.25, 0.3) is 0 Å². The molecule has 0 radical (unpaired) electrons. The Kier molecular flexibility index (Phi) is 14.0. The van der Waals surface area contributed by atoms with E-state index in [9.17, 15) is 0 Å². The summed E-state index contributed by atoms with van der Waals surface area (Å²) in [6.07, 6.45) is 1.28. The molecule has 0 aromatic carbocycles. The van der Waals surface area contributed by atoms with Crippen molar-refractivity contribution in [2.24, 2.45) is 0 Å². The first-order valence-corrected chi connectivity index (χ1v) is 3.41. The van der Waals surface area contributed by atoms with Crippen molar-refractivity contribution in [3.8, 4) is 0 Å². The molecule has 0 spiro atoms. The van der Waals surface area contributed by atoms with E-state index in [1.54, 1.807) is 0 Å². The Labute approximate surface area is 57.1 Å². The second kappa shape index (κ2) is 10.8. The lowest BCUT2D eigenvalue weighted by Crippen LogP contribution is -2.37. The summed E-state index contributed by atoms with van der Waals surface area (Å²) in [5.41, 5.74) is 0. The van der Waals surface area contributed by atoms with Crippen molar-refractivity contribution in [3.05, 3.63) is 0 Å². The van der Waals surface area contributed by atoms with Crippen molar-refractivity contribution in [1.29, 1.82) is 0 Å². The second-order valence-corrected chi connectivity index (χ2v) is 1.53. The van der Waals surface area contributed by atoms with Crippen molar-refractivity contribution in [2.75, 3.05) is 19.8 Å². The Morgan fingerprint density at radius 3 is 1.56 bits per heavy atom. The summed E-state index contributed by atoms with van der Waals surface area (Å²) in [4.78, 5) is 0. The summed E-state index contributed by atoms with van der Waals surface area (Å²) >= 11 is 0. The van der Waals surface area contributed by atoms with Crippen molar-refractivity contribution >= 4 is 0 Å². The van der Waals surface area contributed by atoms with E-state index >= 15 is 0 Å². The molecule has 0 bridgehead atoms. The standard InChI is InChI=1S/C4H10N2.C2H6.H2O/c1-2-5-4-6-3-1;1-2;/h5-6H,1-4H2;1-2H3;1H2. The molecule has 1 rings (SSSR count). The average Bonchev–Trinajstić information content (AvgIpc) is 1.96. The number of hydrogen-bond donors (Lipinski definition) is 2. The van der Waals surface area contributed by atoms with Gasteiger partial charge in [0, 0.05) is 6.67 Å². The molecule has 0 aliphatic carbocycles. The smallest absolute Gasteiger partial charge is 0.0454 e. The van der Waals surface area contributed by atoms with Crippen LogP contribution < -0.4 is 10.6 Å². The summed E-state index contributed by atoms with van der Waals surface area (Å²) in [6, 6.07) is 0. The van der Waals surface area contributed by atoms with E-state index in [4.69, 9.17) is 0 Å². The van der Waals surface area contributed by atoms with Gasteiger partial charge in [-0.3, -0.25) is 0 Å². The van der Waals surface area contributed by atoms with Gasteiger partial charge in [0.1, 0.15) is 0 Å². The minimum Gasteiger partial charge on any atom is -0.412 e. The van der Waals surface area contributed by atoms with E-state index in [1.807, 2.05) is 13.8 Å². The van der Waals surface area contributed by atoms with Crippen LogP contribution in [-0.4, -0.2) is 25.2 Å². The van der Waals surface area contributed by atoms with Crippen LogP contribution in [0.3, 0.4) is 0 Å². The maximum Gasteiger partial charge on any atom is 0.0454 e. The van der Waals surface area contributed by atoms with Gasteiger partial charge < -0.3 is 16.1 Å². The third-order valence-corrected chi connectivity index (χ3v) is 0.957. The van der Waals surface area contributed by atoms with E-state index in [0.29, 0.717) is 0 Å². The number of nitrogens with one attached hydrogen (secondary N) is 2. The minimum atomic E-state index is 0. The van der Waals surface area contributed by atoms with Crippen molar-refractivity contribution in [1.82, 2.24) is 10.6 Å². The first kappa shape index (κ1) is 11.6. The molecule has 0 aromatic heterocycles. The lowest BCUT2D eigenvalue weighted by Gasteiger charge is -2.11. The van der Waals surface area contributed by atoms with Gasteiger partial charge in [-0.25, -0.2) is 0 Å². The quantitative estimate of drug-likeness (QED) is 0.479. The Hall–Kier alpha value is -0.120. The van der Waals surface area contributed by atoms with Crippen LogP contribution in [0.2, 0.25) is 0 Å². The van der Waals surface area contributed by atoms with Crippen molar-refractivity contribution in [3.63, 3.8) is 0 Å². The summed E-state index contributed by atoms with van der Waals surface area (Å²) in [6.45, 7) is 7.38. The van der Waals surface area contributed by atoms with Gasteiger partial charge in [0.15, 0.2) is 0 Å². The fourth-order valence-electron chi connectivity index (χ4n) is 0.604. The highest BCUT2D eigenvalue weighted by atomic mass is 16.0. The molecule has 1 aliphatic heterocycles. The van der Waals surface area contributed by atoms with Crippen LogP contribution >= 0.6 is 0 Å². The molecule has 1 fully saturated rings. The van der Waals surface area contributed by atoms with Crippen LogP contribution in [0.4, 0.5) is 0 Å². The third kappa shape index (κ3) is 7.88. The largest absolute Gasteiger partial charge is 0.412 e. The average molecular weight is 134 g/mol. The molecule has 3 heteroatoms. The van der Waals surface area contributed by atoms with E-state index in [-0.39, 0.29) is 5.48 Å². The lowest BCUT2D eigenvalue weighted by molar-refractivity contribution is 0.496. The Morgan fingerprint density at radius 2 is 1.44 bits per heavy atom. The highest BCUT2D eigenvalue weighted by molar-refractivity contribution is 4.54. The topological polar surface area (TPSA) is 55.6 Å². The zero-order chi connectivity index (χ0) is 6.24. The molecule has 0 atom stereocenters. The normalized spacial score (nSPS) is 16.7. The summed E-state index contributed by atoms with van der Waals surface area (Å²) in [5.74, 6) is 0. The van der Waals surface area contributed by atoms with E-state index in [2.05, 4.69) is 10.6 Å². The fraction of sp³-hybridized carbons (Fsp3) is 1.00. The summed E-state index contributed by atoms with van der Waals surface area (Å²) < 4.78 is 0. The number of hydrogen-bond acceptors (Lipinski definition) is 2. The molecule has 0 saturated carbocycles. The van der Waals surface area contributed by atoms with Gasteiger partial charge in [0.2, 0.25) is 0 Å². The highest BCUT2D eigenvalue weighted by Gasteiger charge is 1.91. The monoisotopic (exact) mass is 134 g/mol. The molecule has 1 aliphatic rings. The highest BCUT2D eigenvalue weighted by Crippen LogP contribution is 1.75. The maximum atomic E-state index is 3.17. The van der Waals surface area contributed by atoms with Crippen LogP contribution in [0, 0.1) is 0 Å². The van der Waals surface area contributed by atoms with Gasteiger partial charge in [0.05, 0.1) is 0 Å². The van der Waals surface area contributed by atoms with E-state index in [0.717, 1.165) is 6.67 Å². The molecule has 9 heavy (non-hydrogen) atoms. The summed E-state index contributed by atoms with van der Waals surface area (Å²) in [5, 5.41) is 6.35. The zero-order valence-electron chi connectivity index (χ0n) is 6.33. The molecular weight excluding hydrogens is 116 g/mol. The second-order valence-electron chi connectivity index (χ2n) is 1.53.